The fourth-order valence-electron chi connectivity index (χ4n) is 2.78. The number of nitrogens with zero attached hydrogens (tertiary/aromatic N) is 1. The average Bonchev–Trinajstić information content (AvgIpc) is 2.28. The summed E-state index contributed by atoms with van der Waals surface area (Å²) in [6.45, 7) is 0.996. The molecule has 1 aromatic carbocycles. The molecular formula is C14H19NO2. The molecule has 0 spiro atoms. The fraction of sp³-hybridized carbons (Fsp3) is 0.500. The van der Waals surface area contributed by atoms with Crippen LogP contribution in [0.25, 0.3) is 0 Å². The standard InChI is InChI=1S/C14H19NO2/c1-15(2)9-10-5-3-7-12-11(10)6-4-8-13(12)14(16)17/h4,6,8,10H,3,5,7,9H2,1-2H3,(H,16,17). The van der Waals surface area contributed by atoms with Crippen LogP contribution in [-0.4, -0.2) is 36.6 Å². The Bertz CT molecular complexity index is 426. The number of carboxylic acid groups (broad SMARTS) is 1. The summed E-state index contributed by atoms with van der Waals surface area (Å²) in [7, 11) is 4.13. The van der Waals surface area contributed by atoms with Crippen LogP contribution in [0, 0.1) is 0 Å². The first-order valence-corrected chi connectivity index (χ1v) is 6.09. The Kier molecular flexibility index (Phi) is 3.48. The summed E-state index contributed by atoms with van der Waals surface area (Å²) in [5.41, 5.74) is 2.79. The fourth-order valence-corrected chi connectivity index (χ4v) is 2.78. The van der Waals surface area contributed by atoms with E-state index in [0.717, 1.165) is 31.4 Å². The van der Waals surface area contributed by atoms with Crippen LogP contribution in [0.15, 0.2) is 18.2 Å². The monoisotopic (exact) mass is 233 g/mol. The summed E-state index contributed by atoms with van der Waals surface area (Å²) in [5.74, 6) is -0.319. The minimum atomic E-state index is -0.799. The summed E-state index contributed by atoms with van der Waals surface area (Å²) in [6.07, 6.45) is 3.16. The maximum absolute atomic E-state index is 11.2. The van der Waals surface area contributed by atoms with E-state index in [1.165, 1.54) is 5.56 Å². The number of aromatic carboxylic acids is 1. The van der Waals surface area contributed by atoms with Gasteiger partial charge in [-0.1, -0.05) is 12.1 Å². The van der Waals surface area contributed by atoms with Crippen LogP contribution < -0.4 is 0 Å². The molecule has 1 aliphatic rings. The molecule has 92 valence electrons. The van der Waals surface area contributed by atoms with E-state index in [-0.39, 0.29) is 0 Å². The Labute approximate surface area is 102 Å². The number of likely N-dealkylation sites (N-methyl/N-ethyl adjacent to an activating group) is 1. The second-order valence-electron chi connectivity index (χ2n) is 5.03. The van der Waals surface area contributed by atoms with Crippen LogP contribution in [0.1, 0.15) is 40.2 Å². The molecule has 2 rings (SSSR count). The molecule has 0 fully saturated rings. The van der Waals surface area contributed by atoms with Gasteiger partial charge in [-0.25, -0.2) is 4.79 Å². The van der Waals surface area contributed by atoms with Crippen LogP contribution in [0.2, 0.25) is 0 Å². The maximum atomic E-state index is 11.2. The smallest absolute Gasteiger partial charge is 0.335 e. The number of carbonyl (C=O) groups is 1. The largest absolute Gasteiger partial charge is 0.478 e. The topological polar surface area (TPSA) is 40.5 Å². The Morgan fingerprint density at radius 3 is 2.88 bits per heavy atom. The summed E-state index contributed by atoms with van der Waals surface area (Å²) in [6, 6.07) is 5.69. The lowest BCUT2D eigenvalue weighted by atomic mass is 9.80. The van der Waals surface area contributed by atoms with Crippen LogP contribution in [0.5, 0.6) is 0 Å². The van der Waals surface area contributed by atoms with E-state index in [4.69, 9.17) is 0 Å². The molecule has 0 amide bonds. The summed E-state index contributed by atoms with van der Waals surface area (Å²) in [5, 5.41) is 9.20. The molecule has 1 N–H and O–H groups in total. The van der Waals surface area contributed by atoms with Crippen molar-refractivity contribution in [1.82, 2.24) is 4.90 Å². The number of rotatable bonds is 3. The highest BCUT2D eigenvalue weighted by molar-refractivity contribution is 5.90. The zero-order chi connectivity index (χ0) is 12.4. The van der Waals surface area contributed by atoms with E-state index in [1.54, 1.807) is 6.07 Å². The number of carboxylic acids is 1. The molecule has 1 atom stereocenters. The van der Waals surface area contributed by atoms with Gasteiger partial charge in [0.2, 0.25) is 0 Å². The van der Waals surface area contributed by atoms with Crippen molar-refractivity contribution in [1.29, 1.82) is 0 Å². The van der Waals surface area contributed by atoms with Gasteiger partial charge in [0.1, 0.15) is 0 Å². The Morgan fingerprint density at radius 2 is 2.24 bits per heavy atom. The van der Waals surface area contributed by atoms with Gasteiger partial charge in [0.25, 0.3) is 0 Å². The molecule has 0 heterocycles. The third kappa shape index (κ3) is 2.50. The number of hydrogen-bond acceptors (Lipinski definition) is 2. The highest BCUT2D eigenvalue weighted by atomic mass is 16.4. The number of fused-ring (bicyclic) bond motifs is 1. The van der Waals surface area contributed by atoms with Gasteiger partial charge in [-0.2, -0.15) is 0 Å². The van der Waals surface area contributed by atoms with Crippen molar-refractivity contribution >= 4 is 5.97 Å². The Morgan fingerprint density at radius 1 is 1.47 bits per heavy atom. The van der Waals surface area contributed by atoms with Crippen molar-refractivity contribution in [3.8, 4) is 0 Å². The van der Waals surface area contributed by atoms with Crippen LogP contribution in [0.3, 0.4) is 0 Å². The molecular weight excluding hydrogens is 214 g/mol. The van der Waals surface area contributed by atoms with E-state index < -0.39 is 5.97 Å². The van der Waals surface area contributed by atoms with E-state index in [2.05, 4.69) is 25.1 Å². The average molecular weight is 233 g/mol. The van der Waals surface area contributed by atoms with E-state index in [0.29, 0.717) is 11.5 Å². The Balaban J connectivity index is 2.38. The predicted molar refractivity (Wildman–Crippen MR) is 67.6 cm³/mol. The molecule has 1 aliphatic carbocycles. The first-order chi connectivity index (χ1) is 8.09. The first-order valence-electron chi connectivity index (χ1n) is 6.09. The zero-order valence-corrected chi connectivity index (χ0v) is 10.4. The summed E-state index contributed by atoms with van der Waals surface area (Å²) < 4.78 is 0. The SMILES string of the molecule is CN(C)CC1CCCc2c(C(=O)O)cccc21. The van der Waals surface area contributed by atoms with Gasteiger partial charge >= 0.3 is 5.97 Å². The van der Waals surface area contributed by atoms with Crippen LogP contribution in [0.4, 0.5) is 0 Å². The lowest BCUT2D eigenvalue weighted by Crippen LogP contribution is -2.24. The van der Waals surface area contributed by atoms with Crippen molar-refractivity contribution < 1.29 is 9.90 Å². The molecule has 0 radical (unpaired) electrons. The molecule has 17 heavy (non-hydrogen) atoms. The summed E-state index contributed by atoms with van der Waals surface area (Å²) >= 11 is 0. The molecule has 0 saturated carbocycles. The molecule has 0 aromatic heterocycles. The van der Waals surface area contributed by atoms with E-state index in [1.807, 2.05) is 6.07 Å². The minimum Gasteiger partial charge on any atom is -0.478 e. The second-order valence-corrected chi connectivity index (χ2v) is 5.03. The van der Waals surface area contributed by atoms with Crippen molar-refractivity contribution in [3.63, 3.8) is 0 Å². The van der Waals surface area contributed by atoms with Gasteiger partial charge in [0, 0.05) is 6.54 Å². The molecule has 1 unspecified atom stereocenters. The molecule has 3 heteroatoms. The third-order valence-electron chi connectivity index (χ3n) is 3.45. The molecule has 0 aliphatic heterocycles. The van der Waals surface area contributed by atoms with Gasteiger partial charge in [0.05, 0.1) is 5.56 Å². The molecule has 0 saturated heterocycles. The van der Waals surface area contributed by atoms with Gasteiger partial charge in [-0.15, -0.1) is 0 Å². The normalized spacial score (nSPS) is 19.1. The summed E-state index contributed by atoms with van der Waals surface area (Å²) in [4.78, 5) is 13.4. The predicted octanol–water partition coefficient (Wildman–Crippen LogP) is 2.37. The number of hydrogen-bond donors (Lipinski definition) is 1. The highest BCUT2D eigenvalue weighted by Gasteiger charge is 2.24. The van der Waals surface area contributed by atoms with E-state index >= 15 is 0 Å². The van der Waals surface area contributed by atoms with Gasteiger partial charge in [-0.3, -0.25) is 0 Å². The van der Waals surface area contributed by atoms with Gasteiger partial charge < -0.3 is 10.0 Å². The van der Waals surface area contributed by atoms with E-state index in [9.17, 15) is 9.90 Å². The van der Waals surface area contributed by atoms with Crippen LogP contribution >= 0.6 is 0 Å². The molecule has 3 nitrogen and oxygen atoms in total. The Hall–Kier alpha value is -1.35. The third-order valence-corrected chi connectivity index (χ3v) is 3.45. The second kappa shape index (κ2) is 4.88. The zero-order valence-electron chi connectivity index (χ0n) is 10.4. The molecule has 0 bridgehead atoms. The van der Waals surface area contributed by atoms with Crippen molar-refractivity contribution in [2.75, 3.05) is 20.6 Å². The minimum absolute atomic E-state index is 0.480. The first kappa shape index (κ1) is 12.1. The maximum Gasteiger partial charge on any atom is 0.335 e. The lowest BCUT2D eigenvalue weighted by molar-refractivity contribution is 0.0695. The van der Waals surface area contributed by atoms with Crippen molar-refractivity contribution in [2.24, 2.45) is 0 Å². The highest BCUT2D eigenvalue weighted by Crippen LogP contribution is 2.33. The van der Waals surface area contributed by atoms with Crippen LogP contribution in [-0.2, 0) is 6.42 Å². The van der Waals surface area contributed by atoms with Gasteiger partial charge in [0.15, 0.2) is 0 Å². The molecule has 1 aromatic rings. The van der Waals surface area contributed by atoms with Crippen molar-refractivity contribution in [2.45, 2.75) is 25.2 Å². The van der Waals surface area contributed by atoms with Crippen molar-refractivity contribution in [3.05, 3.63) is 34.9 Å². The lowest BCUT2D eigenvalue weighted by Gasteiger charge is -2.28. The van der Waals surface area contributed by atoms with Gasteiger partial charge in [-0.05, 0) is 56.5 Å². The number of benzene rings is 1. The quantitative estimate of drug-likeness (QED) is 0.871.